The predicted molar refractivity (Wildman–Crippen MR) is 140 cm³/mol. The average molecular weight is 469 g/mol. The Bertz CT molecular complexity index is 498. The molecular weight excluding hydrogens is 412 g/mol. The molecule has 0 aliphatic rings. The van der Waals surface area contributed by atoms with Gasteiger partial charge < -0.3 is 10.2 Å². The number of hydrogen-bond donors (Lipinski definition) is 2. The molecule has 3 unspecified atom stereocenters. The van der Waals surface area contributed by atoms with Gasteiger partial charge in [0.15, 0.2) is 0 Å². The maximum Gasteiger partial charge on any atom is 0.306 e. The van der Waals surface area contributed by atoms with Gasteiger partial charge in [0.2, 0.25) is 0 Å². The number of carboxylic acids is 2. The third-order valence-electron chi connectivity index (χ3n) is 7.30. The van der Waals surface area contributed by atoms with Crippen molar-refractivity contribution in [3.8, 4) is 0 Å². The van der Waals surface area contributed by atoms with Crippen LogP contribution in [0, 0.1) is 35.5 Å². The van der Waals surface area contributed by atoms with Crippen molar-refractivity contribution in [3.05, 3.63) is 0 Å². The van der Waals surface area contributed by atoms with E-state index in [0.717, 1.165) is 51.4 Å². The van der Waals surface area contributed by atoms with Crippen LogP contribution >= 0.6 is 0 Å². The predicted octanol–water partition coefficient (Wildman–Crippen LogP) is 8.82. The van der Waals surface area contributed by atoms with E-state index in [1.54, 1.807) is 0 Å². The summed E-state index contributed by atoms with van der Waals surface area (Å²) in [5.74, 6) is 0.986. The first kappa shape index (κ1) is 31.9. The van der Waals surface area contributed by atoms with Crippen molar-refractivity contribution in [3.63, 3.8) is 0 Å². The van der Waals surface area contributed by atoms with Crippen LogP contribution in [0.3, 0.4) is 0 Å². The van der Waals surface area contributed by atoms with Gasteiger partial charge in [-0.25, -0.2) is 0 Å². The largest absolute Gasteiger partial charge is 0.481 e. The van der Waals surface area contributed by atoms with E-state index < -0.39 is 11.9 Å². The molecule has 0 aromatic heterocycles. The topological polar surface area (TPSA) is 74.6 Å². The van der Waals surface area contributed by atoms with E-state index in [-0.39, 0.29) is 11.8 Å². The molecule has 0 radical (unpaired) electrons. The highest BCUT2D eigenvalue weighted by molar-refractivity contribution is 5.70. The minimum atomic E-state index is -0.684. The standard InChI is InChI=1S/C29H56O4/c1-22(2)18-20-26(27(29(32)33)21-19-23(3)4)25(24(5)6)16-14-12-10-8-7-9-11-13-15-17-28(30)31/h22-27H,7-21H2,1-6H3,(H,30,31)(H,32,33). The van der Waals surface area contributed by atoms with Crippen LogP contribution in [0.1, 0.15) is 138 Å². The van der Waals surface area contributed by atoms with E-state index in [0.29, 0.717) is 30.1 Å². The minimum absolute atomic E-state index is 0.209. The summed E-state index contributed by atoms with van der Waals surface area (Å²) in [7, 11) is 0. The molecule has 0 fully saturated rings. The van der Waals surface area contributed by atoms with Crippen LogP contribution in [-0.2, 0) is 9.59 Å². The van der Waals surface area contributed by atoms with Crippen molar-refractivity contribution in [2.24, 2.45) is 35.5 Å². The Morgan fingerprint density at radius 2 is 1.00 bits per heavy atom. The van der Waals surface area contributed by atoms with Crippen LogP contribution in [0.15, 0.2) is 0 Å². The summed E-state index contributed by atoms with van der Waals surface area (Å²) >= 11 is 0. The van der Waals surface area contributed by atoms with Crippen molar-refractivity contribution in [2.45, 2.75) is 138 Å². The quantitative estimate of drug-likeness (QED) is 0.156. The van der Waals surface area contributed by atoms with E-state index in [9.17, 15) is 14.7 Å². The zero-order valence-electron chi connectivity index (χ0n) is 22.8. The van der Waals surface area contributed by atoms with Gasteiger partial charge in [-0.05, 0) is 55.3 Å². The number of carboxylic acid groups (broad SMARTS) is 2. The van der Waals surface area contributed by atoms with E-state index in [2.05, 4.69) is 41.5 Å². The van der Waals surface area contributed by atoms with Gasteiger partial charge in [0.1, 0.15) is 0 Å². The Morgan fingerprint density at radius 3 is 1.42 bits per heavy atom. The highest BCUT2D eigenvalue weighted by Crippen LogP contribution is 2.38. The molecule has 0 amide bonds. The Hall–Kier alpha value is -1.06. The van der Waals surface area contributed by atoms with E-state index in [1.807, 2.05) is 0 Å². The minimum Gasteiger partial charge on any atom is -0.481 e. The van der Waals surface area contributed by atoms with Gasteiger partial charge in [-0.1, -0.05) is 106 Å². The van der Waals surface area contributed by atoms with Crippen molar-refractivity contribution in [1.29, 1.82) is 0 Å². The fourth-order valence-electron chi connectivity index (χ4n) is 5.21. The van der Waals surface area contributed by atoms with Crippen molar-refractivity contribution in [2.75, 3.05) is 0 Å². The molecule has 196 valence electrons. The van der Waals surface area contributed by atoms with Crippen LogP contribution in [0.5, 0.6) is 0 Å². The normalized spacial score (nSPS) is 14.7. The van der Waals surface area contributed by atoms with Gasteiger partial charge in [0.25, 0.3) is 0 Å². The molecule has 0 aromatic carbocycles. The first-order valence-corrected chi connectivity index (χ1v) is 14.0. The summed E-state index contributed by atoms with van der Waals surface area (Å²) in [6.45, 7) is 13.5. The van der Waals surface area contributed by atoms with Gasteiger partial charge in [-0.3, -0.25) is 9.59 Å². The molecule has 4 nitrogen and oxygen atoms in total. The maximum atomic E-state index is 12.3. The van der Waals surface area contributed by atoms with Gasteiger partial charge in [0.05, 0.1) is 5.92 Å². The lowest BCUT2D eigenvalue weighted by Crippen LogP contribution is -2.33. The molecule has 3 atom stereocenters. The lowest BCUT2D eigenvalue weighted by molar-refractivity contribution is -0.145. The van der Waals surface area contributed by atoms with Gasteiger partial charge in [0, 0.05) is 6.42 Å². The summed E-state index contributed by atoms with van der Waals surface area (Å²) in [6, 6.07) is 0. The number of aliphatic carboxylic acids is 2. The summed E-state index contributed by atoms with van der Waals surface area (Å²) in [4.78, 5) is 22.8. The van der Waals surface area contributed by atoms with Crippen molar-refractivity contribution < 1.29 is 19.8 Å². The Labute approximate surface area is 205 Å². The Morgan fingerprint density at radius 1 is 0.545 bits per heavy atom. The number of carbonyl (C=O) groups is 2. The third-order valence-corrected chi connectivity index (χ3v) is 7.30. The third kappa shape index (κ3) is 17.1. The molecule has 0 aliphatic carbocycles. The van der Waals surface area contributed by atoms with E-state index in [4.69, 9.17) is 5.11 Å². The van der Waals surface area contributed by atoms with E-state index >= 15 is 0 Å². The van der Waals surface area contributed by atoms with Gasteiger partial charge >= 0.3 is 11.9 Å². The zero-order valence-corrected chi connectivity index (χ0v) is 22.8. The first-order chi connectivity index (χ1) is 15.6. The molecule has 0 spiro atoms. The van der Waals surface area contributed by atoms with Crippen molar-refractivity contribution in [1.82, 2.24) is 0 Å². The monoisotopic (exact) mass is 468 g/mol. The summed E-state index contributed by atoms with van der Waals surface area (Å²) < 4.78 is 0. The molecule has 0 bridgehead atoms. The zero-order chi connectivity index (χ0) is 25.2. The molecule has 33 heavy (non-hydrogen) atoms. The van der Waals surface area contributed by atoms with Crippen LogP contribution in [-0.4, -0.2) is 22.2 Å². The smallest absolute Gasteiger partial charge is 0.306 e. The lowest BCUT2D eigenvalue weighted by atomic mass is 9.69. The number of hydrogen-bond acceptors (Lipinski definition) is 2. The van der Waals surface area contributed by atoms with Crippen LogP contribution < -0.4 is 0 Å². The molecule has 2 N–H and O–H groups in total. The summed E-state index contributed by atoms with van der Waals surface area (Å²) in [5, 5.41) is 18.8. The Kier molecular flexibility index (Phi) is 18.6. The number of unbranched alkanes of at least 4 members (excludes halogenated alkanes) is 8. The second kappa shape index (κ2) is 19.3. The van der Waals surface area contributed by atoms with Crippen molar-refractivity contribution >= 4 is 11.9 Å². The second-order valence-corrected chi connectivity index (χ2v) is 11.6. The fraction of sp³-hybridized carbons (Fsp3) is 0.931. The highest BCUT2D eigenvalue weighted by Gasteiger charge is 2.35. The highest BCUT2D eigenvalue weighted by atomic mass is 16.4. The van der Waals surface area contributed by atoms with Crippen LogP contribution in [0.2, 0.25) is 0 Å². The molecule has 0 aliphatic heterocycles. The van der Waals surface area contributed by atoms with Gasteiger partial charge in [-0.15, -0.1) is 0 Å². The lowest BCUT2D eigenvalue weighted by Gasteiger charge is -2.35. The molecule has 0 heterocycles. The SMILES string of the molecule is CC(C)CCC(C(=O)O)C(CCC(C)C)C(CCCCCCCCCCCC(=O)O)C(C)C. The average Bonchev–Trinajstić information content (AvgIpc) is 2.70. The van der Waals surface area contributed by atoms with Crippen LogP contribution in [0.4, 0.5) is 0 Å². The van der Waals surface area contributed by atoms with E-state index in [1.165, 1.54) is 38.5 Å². The summed E-state index contributed by atoms with van der Waals surface area (Å²) in [6.07, 6.45) is 15.8. The fourth-order valence-corrected chi connectivity index (χ4v) is 5.21. The first-order valence-electron chi connectivity index (χ1n) is 14.0. The van der Waals surface area contributed by atoms with Gasteiger partial charge in [-0.2, -0.15) is 0 Å². The molecule has 4 heteroatoms. The molecule has 0 rings (SSSR count). The van der Waals surface area contributed by atoms with Crippen LogP contribution in [0.25, 0.3) is 0 Å². The maximum absolute atomic E-state index is 12.3. The molecule has 0 aromatic rings. The molecule has 0 saturated carbocycles. The molecular formula is C29H56O4. The Balaban J connectivity index is 4.60. The number of rotatable bonds is 22. The molecule has 0 saturated heterocycles. The second-order valence-electron chi connectivity index (χ2n) is 11.6. The summed E-state index contributed by atoms with van der Waals surface area (Å²) in [5.41, 5.74) is 0.